The zero-order valence-electron chi connectivity index (χ0n) is 6.58. The molecule has 0 bridgehead atoms. The van der Waals surface area contributed by atoms with E-state index in [1.54, 1.807) is 0 Å². The number of hydrogen-bond donors (Lipinski definition) is 2. The van der Waals surface area contributed by atoms with E-state index in [0.717, 1.165) is 6.54 Å². The molecule has 0 aliphatic carbocycles. The number of hydrogen-bond acceptors (Lipinski definition) is 3. The van der Waals surface area contributed by atoms with E-state index >= 15 is 0 Å². The molecule has 0 amide bonds. The number of rotatable bonds is 3. The minimum atomic E-state index is 0. The lowest BCUT2D eigenvalue weighted by Gasteiger charge is -2.21. The molecule has 68 valence electrons. The molecule has 1 rings (SSSR count). The minimum Gasteiger partial charge on any atom is -0.395 e. The largest absolute Gasteiger partial charge is 0.395 e. The number of aliphatic hydroxyl groups excluding tert-OH is 1. The van der Waals surface area contributed by atoms with Crippen molar-refractivity contribution in [3.8, 4) is 0 Å². The Labute approximate surface area is 78.5 Å². The average Bonchev–Trinajstić information content (AvgIpc) is 2.03. The van der Waals surface area contributed by atoms with E-state index in [9.17, 15) is 0 Å². The first-order chi connectivity index (χ1) is 4.93. The van der Waals surface area contributed by atoms with Crippen LogP contribution in [-0.2, 0) is 0 Å². The third-order valence-corrected chi connectivity index (χ3v) is 2.92. The normalized spacial score (nSPS) is 24.3. The Morgan fingerprint density at radius 1 is 1.55 bits per heavy atom. The highest BCUT2D eigenvalue weighted by atomic mass is 35.5. The van der Waals surface area contributed by atoms with Crippen LogP contribution in [-0.4, -0.2) is 35.8 Å². The second-order valence-corrected chi connectivity index (χ2v) is 3.74. The lowest BCUT2D eigenvalue weighted by atomic mass is 10.2. The minimum absolute atomic E-state index is 0. The smallest absolute Gasteiger partial charge is 0.0556 e. The summed E-state index contributed by atoms with van der Waals surface area (Å²) >= 11 is 2.01. The first-order valence-corrected chi connectivity index (χ1v) is 5.01. The summed E-state index contributed by atoms with van der Waals surface area (Å²) in [4.78, 5) is 0. The van der Waals surface area contributed by atoms with Crippen LogP contribution in [0, 0.1) is 0 Å². The fourth-order valence-corrected chi connectivity index (χ4v) is 2.28. The van der Waals surface area contributed by atoms with Crippen LogP contribution in [0.25, 0.3) is 0 Å². The summed E-state index contributed by atoms with van der Waals surface area (Å²) in [6.07, 6.45) is 2.61. The molecule has 0 spiro atoms. The first kappa shape index (κ1) is 11.6. The molecule has 0 radical (unpaired) electrons. The molecule has 1 fully saturated rings. The van der Waals surface area contributed by atoms with Crippen molar-refractivity contribution in [2.45, 2.75) is 18.9 Å². The van der Waals surface area contributed by atoms with Gasteiger partial charge in [-0.1, -0.05) is 0 Å². The summed E-state index contributed by atoms with van der Waals surface area (Å²) in [5.74, 6) is 2.54. The monoisotopic (exact) mass is 197 g/mol. The van der Waals surface area contributed by atoms with Gasteiger partial charge in [-0.25, -0.2) is 0 Å². The molecule has 1 heterocycles. The molecule has 0 aromatic heterocycles. The summed E-state index contributed by atoms with van der Waals surface area (Å²) < 4.78 is 0. The zero-order valence-corrected chi connectivity index (χ0v) is 8.22. The lowest BCUT2D eigenvalue weighted by Crippen LogP contribution is -2.35. The summed E-state index contributed by atoms with van der Waals surface area (Å²) in [5.41, 5.74) is 0. The molecule has 1 atom stereocenters. The number of halogens is 1. The fraction of sp³-hybridized carbons (Fsp3) is 1.00. The molecule has 0 saturated carbocycles. The Kier molecular flexibility index (Phi) is 7.59. The summed E-state index contributed by atoms with van der Waals surface area (Å²) in [6, 6.07) is 0.658. The number of aliphatic hydroxyl groups is 1. The number of nitrogens with one attached hydrogen (secondary N) is 1. The predicted molar refractivity (Wildman–Crippen MR) is 52.7 cm³/mol. The van der Waals surface area contributed by atoms with E-state index in [0.29, 0.717) is 6.04 Å². The van der Waals surface area contributed by atoms with Crippen molar-refractivity contribution in [3.63, 3.8) is 0 Å². The molecule has 1 saturated heterocycles. The van der Waals surface area contributed by atoms with Crippen molar-refractivity contribution in [1.29, 1.82) is 0 Å². The van der Waals surface area contributed by atoms with Gasteiger partial charge in [0.05, 0.1) is 6.61 Å². The predicted octanol–water partition coefficient (Wildman–Crippen LogP) is 0.886. The van der Waals surface area contributed by atoms with Gasteiger partial charge in [0.15, 0.2) is 0 Å². The Hall–Kier alpha value is 0.560. The molecule has 4 heteroatoms. The molecule has 2 N–H and O–H groups in total. The highest BCUT2D eigenvalue weighted by Crippen LogP contribution is 2.16. The quantitative estimate of drug-likeness (QED) is 0.705. The summed E-state index contributed by atoms with van der Waals surface area (Å²) in [5, 5.41) is 11.8. The third kappa shape index (κ3) is 4.90. The van der Waals surface area contributed by atoms with Crippen molar-refractivity contribution in [3.05, 3.63) is 0 Å². The highest BCUT2D eigenvalue weighted by Gasteiger charge is 2.11. The van der Waals surface area contributed by atoms with Gasteiger partial charge in [-0.2, -0.15) is 11.8 Å². The SMILES string of the molecule is Cl.OCCNC1CCCSC1. The van der Waals surface area contributed by atoms with Crippen LogP contribution < -0.4 is 5.32 Å². The topological polar surface area (TPSA) is 32.3 Å². The van der Waals surface area contributed by atoms with Gasteiger partial charge in [-0.15, -0.1) is 12.4 Å². The van der Waals surface area contributed by atoms with Gasteiger partial charge in [0, 0.05) is 18.3 Å². The van der Waals surface area contributed by atoms with E-state index in [1.165, 1.54) is 24.3 Å². The van der Waals surface area contributed by atoms with E-state index < -0.39 is 0 Å². The molecule has 11 heavy (non-hydrogen) atoms. The van der Waals surface area contributed by atoms with Crippen LogP contribution in [0.4, 0.5) is 0 Å². The van der Waals surface area contributed by atoms with Gasteiger partial charge < -0.3 is 10.4 Å². The van der Waals surface area contributed by atoms with Crippen molar-refractivity contribution in [2.24, 2.45) is 0 Å². The van der Waals surface area contributed by atoms with Gasteiger partial charge in [-0.3, -0.25) is 0 Å². The second-order valence-electron chi connectivity index (χ2n) is 2.59. The first-order valence-electron chi connectivity index (χ1n) is 3.85. The van der Waals surface area contributed by atoms with Crippen LogP contribution in [0.5, 0.6) is 0 Å². The van der Waals surface area contributed by atoms with Crippen molar-refractivity contribution >= 4 is 24.2 Å². The summed E-state index contributed by atoms with van der Waals surface area (Å²) in [7, 11) is 0. The zero-order chi connectivity index (χ0) is 7.23. The Bertz CT molecular complexity index is 88.5. The molecule has 1 unspecified atom stereocenters. The molecule has 1 aliphatic heterocycles. The summed E-state index contributed by atoms with van der Waals surface area (Å²) in [6.45, 7) is 1.02. The maximum Gasteiger partial charge on any atom is 0.0556 e. The van der Waals surface area contributed by atoms with E-state index in [1.807, 2.05) is 11.8 Å². The van der Waals surface area contributed by atoms with Crippen molar-refractivity contribution in [1.82, 2.24) is 5.32 Å². The Morgan fingerprint density at radius 3 is 2.91 bits per heavy atom. The van der Waals surface area contributed by atoms with Crippen molar-refractivity contribution < 1.29 is 5.11 Å². The standard InChI is InChI=1S/C7H15NOS.ClH/c9-4-3-8-7-2-1-5-10-6-7;/h7-9H,1-6H2;1H. The van der Waals surface area contributed by atoms with E-state index in [-0.39, 0.29) is 19.0 Å². The van der Waals surface area contributed by atoms with Crippen LogP contribution >= 0.6 is 24.2 Å². The molecule has 0 aromatic rings. The van der Waals surface area contributed by atoms with Gasteiger partial charge in [0.1, 0.15) is 0 Å². The van der Waals surface area contributed by atoms with Crippen LogP contribution in [0.3, 0.4) is 0 Å². The number of thioether (sulfide) groups is 1. The van der Waals surface area contributed by atoms with Gasteiger partial charge >= 0.3 is 0 Å². The van der Waals surface area contributed by atoms with Gasteiger partial charge in [-0.05, 0) is 18.6 Å². The van der Waals surface area contributed by atoms with E-state index in [4.69, 9.17) is 5.11 Å². The van der Waals surface area contributed by atoms with Gasteiger partial charge in [0.2, 0.25) is 0 Å². The van der Waals surface area contributed by atoms with E-state index in [2.05, 4.69) is 5.32 Å². The van der Waals surface area contributed by atoms with Crippen LogP contribution in [0.1, 0.15) is 12.8 Å². The molecule has 2 nitrogen and oxygen atoms in total. The van der Waals surface area contributed by atoms with Crippen LogP contribution in [0.2, 0.25) is 0 Å². The highest BCUT2D eigenvalue weighted by molar-refractivity contribution is 7.99. The maximum absolute atomic E-state index is 8.53. The molecular weight excluding hydrogens is 182 g/mol. The second kappa shape index (κ2) is 7.22. The lowest BCUT2D eigenvalue weighted by molar-refractivity contribution is 0.284. The molecular formula is C7H16ClNOS. The molecule has 1 aliphatic rings. The maximum atomic E-state index is 8.53. The van der Waals surface area contributed by atoms with Crippen molar-refractivity contribution in [2.75, 3.05) is 24.7 Å². The average molecular weight is 198 g/mol. The Morgan fingerprint density at radius 2 is 2.36 bits per heavy atom. The van der Waals surface area contributed by atoms with Crippen LogP contribution in [0.15, 0.2) is 0 Å². The Balaban J connectivity index is 0.000001000. The van der Waals surface area contributed by atoms with Gasteiger partial charge in [0.25, 0.3) is 0 Å². The molecule has 0 aromatic carbocycles. The third-order valence-electron chi connectivity index (χ3n) is 1.71. The fourth-order valence-electron chi connectivity index (χ4n) is 1.17.